The van der Waals surface area contributed by atoms with Gasteiger partial charge in [0.15, 0.2) is 5.78 Å². The van der Waals surface area contributed by atoms with E-state index in [1.54, 1.807) is 12.1 Å². The van der Waals surface area contributed by atoms with Gasteiger partial charge in [0.1, 0.15) is 5.75 Å². The first-order chi connectivity index (χ1) is 7.77. The van der Waals surface area contributed by atoms with Crippen molar-refractivity contribution in [1.29, 1.82) is 0 Å². The van der Waals surface area contributed by atoms with Gasteiger partial charge in [-0.1, -0.05) is 6.92 Å². The maximum Gasteiger partial charge on any atom is 0.162 e. The lowest BCUT2D eigenvalue weighted by Gasteiger charge is -2.05. The van der Waals surface area contributed by atoms with E-state index in [1.165, 1.54) is 0 Å². The van der Waals surface area contributed by atoms with Gasteiger partial charge in [-0.05, 0) is 37.1 Å². The number of carbonyl (C=O) groups is 1. The minimum Gasteiger partial charge on any atom is -0.494 e. The second kappa shape index (κ2) is 7.01. The van der Waals surface area contributed by atoms with Gasteiger partial charge in [0.05, 0.1) is 6.61 Å². The van der Waals surface area contributed by atoms with E-state index in [-0.39, 0.29) is 12.4 Å². The molecule has 88 valence electrons. The fraction of sp³-hybridized carbons (Fsp3) is 0.462. The Morgan fingerprint density at radius 2 is 2.00 bits per heavy atom. The van der Waals surface area contributed by atoms with E-state index in [0.717, 1.165) is 12.2 Å². The van der Waals surface area contributed by atoms with Gasteiger partial charge in [-0.25, -0.2) is 0 Å². The first-order valence-electron chi connectivity index (χ1n) is 5.65. The Hall–Kier alpha value is -1.35. The number of ketones is 1. The molecular formula is C13H18O3. The zero-order valence-corrected chi connectivity index (χ0v) is 9.61. The van der Waals surface area contributed by atoms with Crippen LogP contribution in [0.4, 0.5) is 0 Å². The van der Waals surface area contributed by atoms with Crippen LogP contribution in [0.1, 0.15) is 36.5 Å². The van der Waals surface area contributed by atoms with Crippen molar-refractivity contribution in [3.63, 3.8) is 0 Å². The third-order valence-electron chi connectivity index (χ3n) is 2.21. The van der Waals surface area contributed by atoms with Gasteiger partial charge >= 0.3 is 0 Å². The molecule has 1 rings (SSSR count). The quantitative estimate of drug-likeness (QED) is 0.721. The number of hydrogen-bond acceptors (Lipinski definition) is 3. The maximum atomic E-state index is 11.6. The molecule has 0 aliphatic heterocycles. The molecule has 0 aliphatic carbocycles. The van der Waals surface area contributed by atoms with Crippen LogP contribution < -0.4 is 4.74 Å². The molecule has 0 saturated heterocycles. The van der Waals surface area contributed by atoms with E-state index >= 15 is 0 Å². The molecule has 3 nitrogen and oxygen atoms in total. The molecule has 1 aromatic rings. The second-order valence-electron chi connectivity index (χ2n) is 3.62. The first-order valence-corrected chi connectivity index (χ1v) is 5.65. The Balaban J connectivity index is 2.53. The van der Waals surface area contributed by atoms with Crippen molar-refractivity contribution in [1.82, 2.24) is 0 Å². The lowest BCUT2D eigenvalue weighted by molar-refractivity contribution is 0.0971. The average Bonchev–Trinajstić information content (AvgIpc) is 2.34. The topological polar surface area (TPSA) is 46.5 Å². The highest BCUT2D eigenvalue weighted by molar-refractivity contribution is 5.96. The summed E-state index contributed by atoms with van der Waals surface area (Å²) in [6, 6.07) is 7.15. The highest BCUT2D eigenvalue weighted by Crippen LogP contribution is 2.14. The summed E-state index contributed by atoms with van der Waals surface area (Å²) < 4.78 is 5.42. The van der Waals surface area contributed by atoms with Crippen molar-refractivity contribution in [3.05, 3.63) is 29.8 Å². The molecule has 0 heterocycles. The molecule has 0 saturated carbocycles. The van der Waals surface area contributed by atoms with E-state index in [0.29, 0.717) is 25.0 Å². The maximum absolute atomic E-state index is 11.6. The lowest BCUT2D eigenvalue weighted by atomic mass is 10.1. The molecule has 1 N–H and O–H groups in total. The van der Waals surface area contributed by atoms with E-state index in [2.05, 4.69) is 0 Å². The lowest BCUT2D eigenvalue weighted by Crippen LogP contribution is -2.01. The largest absolute Gasteiger partial charge is 0.494 e. The Kier molecular flexibility index (Phi) is 5.57. The number of hydrogen-bond donors (Lipinski definition) is 1. The minimum atomic E-state index is 0.0590. The molecule has 0 spiro atoms. The highest BCUT2D eigenvalue weighted by Gasteiger charge is 2.05. The van der Waals surface area contributed by atoms with Crippen LogP contribution in [0.15, 0.2) is 24.3 Å². The van der Waals surface area contributed by atoms with E-state index < -0.39 is 0 Å². The van der Waals surface area contributed by atoms with Crippen LogP contribution in [0.25, 0.3) is 0 Å². The fourth-order valence-electron chi connectivity index (χ4n) is 1.34. The van der Waals surface area contributed by atoms with E-state index in [4.69, 9.17) is 9.84 Å². The van der Waals surface area contributed by atoms with Crippen molar-refractivity contribution in [2.24, 2.45) is 0 Å². The van der Waals surface area contributed by atoms with Crippen molar-refractivity contribution in [2.75, 3.05) is 13.2 Å². The summed E-state index contributed by atoms with van der Waals surface area (Å²) in [5.41, 5.74) is 0.678. The van der Waals surface area contributed by atoms with Crippen LogP contribution >= 0.6 is 0 Å². The summed E-state index contributed by atoms with van der Waals surface area (Å²) in [5.74, 6) is 0.858. The SMILES string of the molecule is CCCOc1ccc(C(=O)CCCO)cc1. The third-order valence-corrected chi connectivity index (χ3v) is 2.21. The number of aliphatic hydroxyl groups is 1. The number of carbonyl (C=O) groups excluding carboxylic acids is 1. The predicted molar refractivity (Wildman–Crippen MR) is 62.9 cm³/mol. The van der Waals surface area contributed by atoms with Gasteiger partial charge in [-0.3, -0.25) is 4.79 Å². The highest BCUT2D eigenvalue weighted by atomic mass is 16.5. The van der Waals surface area contributed by atoms with Gasteiger partial charge < -0.3 is 9.84 Å². The standard InChI is InChI=1S/C13H18O3/c1-2-10-16-12-7-5-11(6-8-12)13(15)4-3-9-14/h5-8,14H,2-4,9-10H2,1H3. The molecule has 16 heavy (non-hydrogen) atoms. The van der Waals surface area contributed by atoms with Gasteiger partial charge in [0, 0.05) is 18.6 Å². The van der Waals surface area contributed by atoms with Crippen LogP contribution in [-0.4, -0.2) is 24.1 Å². The summed E-state index contributed by atoms with van der Waals surface area (Å²) in [6.45, 7) is 2.80. The molecule has 0 aromatic heterocycles. The Morgan fingerprint density at radius 3 is 2.56 bits per heavy atom. The molecule has 3 heteroatoms. The van der Waals surface area contributed by atoms with Crippen molar-refractivity contribution < 1.29 is 14.6 Å². The van der Waals surface area contributed by atoms with E-state index in [1.807, 2.05) is 19.1 Å². The molecule has 0 amide bonds. The summed E-state index contributed by atoms with van der Waals surface area (Å²) in [5, 5.41) is 8.63. The number of rotatable bonds is 7. The first kappa shape index (κ1) is 12.7. The number of benzene rings is 1. The van der Waals surface area contributed by atoms with Crippen LogP contribution in [0, 0.1) is 0 Å². The zero-order chi connectivity index (χ0) is 11.8. The molecule has 0 bridgehead atoms. The zero-order valence-electron chi connectivity index (χ0n) is 9.61. The Labute approximate surface area is 96.1 Å². The predicted octanol–water partition coefficient (Wildman–Crippen LogP) is 2.43. The minimum absolute atomic E-state index is 0.0590. The molecule has 1 aromatic carbocycles. The van der Waals surface area contributed by atoms with E-state index in [9.17, 15) is 4.79 Å². The van der Waals surface area contributed by atoms with Crippen LogP contribution in [0.5, 0.6) is 5.75 Å². The summed E-state index contributed by atoms with van der Waals surface area (Å²) >= 11 is 0. The molecule has 0 fully saturated rings. The molecule has 0 atom stereocenters. The van der Waals surface area contributed by atoms with Gasteiger partial charge in [0.25, 0.3) is 0 Å². The third kappa shape index (κ3) is 4.03. The molecule has 0 aliphatic rings. The van der Waals surface area contributed by atoms with Crippen LogP contribution in [-0.2, 0) is 0 Å². The van der Waals surface area contributed by atoms with Gasteiger partial charge in [-0.15, -0.1) is 0 Å². The number of ether oxygens (including phenoxy) is 1. The molecule has 0 unspecified atom stereocenters. The molecule has 0 radical (unpaired) electrons. The smallest absolute Gasteiger partial charge is 0.162 e. The molecular weight excluding hydrogens is 204 g/mol. The summed E-state index contributed by atoms with van der Waals surface area (Å²) in [6.07, 6.45) is 1.88. The number of aliphatic hydroxyl groups excluding tert-OH is 1. The Morgan fingerprint density at radius 1 is 1.31 bits per heavy atom. The fourth-order valence-corrected chi connectivity index (χ4v) is 1.34. The van der Waals surface area contributed by atoms with Crippen LogP contribution in [0.2, 0.25) is 0 Å². The number of Topliss-reactive ketones (excluding diaryl/α,β-unsaturated/α-hetero) is 1. The summed E-state index contributed by atoms with van der Waals surface area (Å²) in [7, 11) is 0. The van der Waals surface area contributed by atoms with Crippen LogP contribution in [0.3, 0.4) is 0 Å². The summed E-state index contributed by atoms with van der Waals surface area (Å²) in [4.78, 5) is 11.6. The monoisotopic (exact) mass is 222 g/mol. The van der Waals surface area contributed by atoms with Crippen molar-refractivity contribution in [3.8, 4) is 5.75 Å². The van der Waals surface area contributed by atoms with Crippen molar-refractivity contribution in [2.45, 2.75) is 26.2 Å². The average molecular weight is 222 g/mol. The Bertz CT molecular complexity index is 316. The normalized spacial score (nSPS) is 10.1. The van der Waals surface area contributed by atoms with Crippen molar-refractivity contribution >= 4 is 5.78 Å². The second-order valence-corrected chi connectivity index (χ2v) is 3.62. The van der Waals surface area contributed by atoms with Gasteiger partial charge in [-0.2, -0.15) is 0 Å². The van der Waals surface area contributed by atoms with Gasteiger partial charge in [0.2, 0.25) is 0 Å².